The molecule has 0 spiro atoms. The van der Waals surface area contributed by atoms with Crippen LogP contribution in [0, 0.1) is 11.3 Å². The number of carboxylic acid groups (broad SMARTS) is 1. The topological polar surface area (TPSA) is 86.3 Å². The molecule has 2 rings (SSSR count). The van der Waals surface area contributed by atoms with Gasteiger partial charge in [-0.1, -0.05) is 17.7 Å². The van der Waals surface area contributed by atoms with Crippen molar-refractivity contribution < 1.29 is 9.90 Å². The Morgan fingerprint density at radius 1 is 1.50 bits per heavy atom. The van der Waals surface area contributed by atoms with Crippen molar-refractivity contribution in [3.8, 4) is 6.07 Å². The maximum atomic E-state index is 11.1. The van der Waals surface area contributed by atoms with E-state index in [9.17, 15) is 10.1 Å². The third-order valence-electron chi connectivity index (χ3n) is 3.40. The van der Waals surface area contributed by atoms with Gasteiger partial charge in [0.15, 0.2) is 0 Å². The number of hydrogen-bond donors (Lipinski definition) is 1. The van der Waals surface area contributed by atoms with Gasteiger partial charge in [0.2, 0.25) is 0 Å². The average molecular weight is 340 g/mol. The highest BCUT2D eigenvalue weighted by molar-refractivity contribution is 6.31. The molecular weight excluding hydrogens is 326 g/mol. The molecule has 1 aromatic heterocycles. The Bertz CT molecular complexity index is 924. The number of nitriles is 1. The van der Waals surface area contributed by atoms with Gasteiger partial charge in [0, 0.05) is 23.7 Å². The second kappa shape index (κ2) is 7.53. The molecule has 0 bridgehead atoms. The summed E-state index contributed by atoms with van der Waals surface area (Å²) in [6.45, 7) is 5.12. The van der Waals surface area contributed by atoms with Gasteiger partial charge in [0.1, 0.15) is 6.07 Å². The van der Waals surface area contributed by atoms with Crippen LogP contribution in [0.4, 0.5) is 0 Å². The molecule has 0 saturated carbocycles. The molecule has 0 aliphatic heterocycles. The molecule has 1 heterocycles. The molecule has 0 atom stereocenters. The van der Waals surface area contributed by atoms with Gasteiger partial charge in [0.05, 0.1) is 21.7 Å². The van der Waals surface area contributed by atoms with Crippen molar-refractivity contribution in [1.29, 1.82) is 5.26 Å². The molecule has 1 N–H and O–H groups in total. The van der Waals surface area contributed by atoms with E-state index in [1.54, 1.807) is 19.1 Å². The molecule has 0 saturated heterocycles. The minimum Gasteiger partial charge on any atom is -0.478 e. The molecule has 0 unspecified atom stereocenters. The number of halogens is 1. The maximum Gasteiger partial charge on any atom is 0.335 e. The zero-order valence-corrected chi connectivity index (χ0v) is 13.7. The van der Waals surface area contributed by atoms with Gasteiger partial charge in [0.25, 0.3) is 0 Å². The highest BCUT2D eigenvalue weighted by Crippen LogP contribution is 2.24. The lowest BCUT2D eigenvalue weighted by Crippen LogP contribution is -1.99. The number of allylic oxidation sites excluding steroid dienone is 2. The lowest BCUT2D eigenvalue weighted by molar-refractivity contribution is -0.132. The van der Waals surface area contributed by atoms with Crippen molar-refractivity contribution in [2.24, 2.45) is 4.99 Å². The molecule has 0 aliphatic rings. The fourth-order valence-electron chi connectivity index (χ4n) is 2.28. The Labute approximate surface area is 144 Å². The standard InChI is InChI=1S/C18H14ClN3O2/c1-3-12(18(23)24)8-16(21-2)6-11-4-13-7-15(19)10-22-17(13)14(5-11)9-20/h3-5,7-8,10H,2,6H2,1H3,(H,23,24)/b12-3+,16-8-. The van der Waals surface area contributed by atoms with Gasteiger partial charge >= 0.3 is 5.97 Å². The highest BCUT2D eigenvalue weighted by Gasteiger charge is 2.09. The van der Waals surface area contributed by atoms with E-state index in [-0.39, 0.29) is 5.57 Å². The number of hydrogen-bond acceptors (Lipinski definition) is 4. The monoisotopic (exact) mass is 339 g/mol. The number of aliphatic imine (C=N–C) groups is 1. The van der Waals surface area contributed by atoms with Crippen LogP contribution in [0.25, 0.3) is 10.9 Å². The molecule has 0 fully saturated rings. The number of carbonyl (C=O) groups is 1. The van der Waals surface area contributed by atoms with E-state index < -0.39 is 5.97 Å². The van der Waals surface area contributed by atoms with Crippen molar-refractivity contribution in [3.63, 3.8) is 0 Å². The molecule has 6 heteroatoms. The van der Waals surface area contributed by atoms with E-state index in [1.807, 2.05) is 6.07 Å². The quantitative estimate of drug-likeness (QED) is 0.508. The van der Waals surface area contributed by atoms with Gasteiger partial charge in [-0.15, -0.1) is 0 Å². The maximum absolute atomic E-state index is 11.1. The number of fused-ring (bicyclic) bond motifs is 1. The summed E-state index contributed by atoms with van der Waals surface area (Å²) >= 11 is 5.96. The summed E-state index contributed by atoms with van der Waals surface area (Å²) in [7, 11) is 0. The smallest absolute Gasteiger partial charge is 0.335 e. The van der Waals surface area contributed by atoms with E-state index >= 15 is 0 Å². The van der Waals surface area contributed by atoms with Crippen LogP contribution in [0.15, 0.2) is 52.8 Å². The largest absolute Gasteiger partial charge is 0.478 e. The second-order valence-corrected chi connectivity index (χ2v) is 5.44. The zero-order valence-electron chi connectivity index (χ0n) is 13.0. The zero-order chi connectivity index (χ0) is 17.7. The van der Waals surface area contributed by atoms with Gasteiger partial charge in [-0.25, -0.2) is 4.79 Å². The second-order valence-electron chi connectivity index (χ2n) is 5.00. The molecule has 24 heavy (non-hydrogen) atoms. The number of carboxylic acids is 1. The van der Waals surface area contributed by atoms with Crippen molar-refractivity contribution in [2.75, 3.05) is 0 Å². The predicted molar refractivity (Wildman–Crippen MR) is 94.2 cm³/mol. The summed E-state index contributed by atoms with van der Waals surface area (Å²) in [6, 6.07) is 7.40. The Morgan fingerprint density at radius 2 is 2.25 bits per heavy atom. The number of pyridine rings is 1. The number of aromatic nitrogens is 1. The first-order chi connectivity index (χ1) is 11.5. The normalized spacial score (nSPS) is 12.0. The summed E-state index contributed by atoms with van der Waals surface area (Å²) in [6.07, 6.45) is 4.78. The van der Waals surface area contributed by atoms with Crippen LogP contribution >= 0.6 is 11.6 Å². The Morgan fingerprint density at radius 3 is 2.83 bits per heavy atom. The van der Waals surface area contributed by atoms with Crippen LogP contribution in [0.3, 0.4) is 0 Å². The van der Waals surface area contributed by atoms with Gasteiger partial charge in [-0.3, -0.25) is 9.98 Å². The Hall–Kier alpha value is -2.97. The lowest BCUT2D eigenvalue weighted by Gasteiger charge is -2.07. The molecule has 5 nitrogen and oxygen atoms in total. The van der Waals surface area contributed by atoms with E-state index in [0.717, 1.165) is 10.9 Å². The first-order valence-electron chi connectivity index (χ1n) is 7.03. The van der Waals surface area contributed by atoms with Crippen molar-refractivity contribution in [3.05, 3.63) is 64.0 Å². The van der Waals surface area contributed by atoms with Crippen molar-refractivity contribution in [2.45, 2.75) is 13.3 Å². The van der Waals surface area contributed by atoms with Crippen LogP contribution in [0.2, 0.25) is 5.02 Å². The van der Waals surface area contributed by atoms with E-state index in [0.29, 0.717) is 28.2 Å². The number of rotatable bonds is 5. The minimum atomic E-state index is -1.04. The molecule has 1 aromatic carbocycles. The van der Waals surface area contributed by atoms with Crippen LogP contribution in [0.1, 0.15) is 18.1 Å². The molecule has 2 aromatic rings. The fraction of sp³-hybridized carbons (Fsp3) is 0.111. The van der Waals surface area contributed by atoms with Crippen LogP contribution in [-0.4, -0.2) is 22.8 Å². The van der Waals surface area contributed by atoms with Crippen LogP contribution in [-0.2, 0) is 11.2 Å². The average Bonchev–Trinajstić information content (AvgIpc) is 2.56. The van der Waals surface area contributed by atoms with Crippen LogP contribution < -0.4 is 0 Å². The third-order valence-corrected chi connectivity index (χ3v) is 3.61. The fourth-order valence-corrected chi connectivity index (χ4v) is 2.45. The van der Waals surface area contributed by atoms with Gasteiger partial charge < -0.3 is 5.11 Å². The summed E-state index contributed by atoms with van der Waals surface area (Å²) in [5.74, 6) is -1.04. The Balaban J connectivity index is 2.49. The summed E-state index contributed by atoms with van der Waals surface area (Å²) in [4.78, 5) is 19.2. The molecule has 0 radical (unpaired) electrons. The molecule has 0 aliphatic carbocycles. The summed E-state index contributed by atoms with van der Waals surface area (Å²) < 4.78 is 0. The third kappa shape index (κ3) is 3.86. The summed E-state index contributed by atoms with van der Waals surface area (Å²) in [5.41, 5.74) is 2.41. The predicted octanol–water partition coefficient (Wildman–Crippen LogP) is 3.92. The first-order valence-corrected chi connectivity index (χ1v) is 7.41. The summed E-state index contributed by atoms with van der Waals surface area (Å²) in [5, 5.41) is 19.6. The number of benzene rings is 1. The van der Waals surface area contributed by atoms with E-state index in [2.05, 4.69) is 22.8 Å². The van der Waals surface area contributed by atoms with Gasteiger partial charge in [-0.2, -0.15) is 5.26 Å². The molecule has 0 amide bonds. The van der Waals surface area contributed by atoms with Crippen LogP contribution in [0.5, 0.6) is 0 Å². The van der Waals surface area contributed by atoms with Crippen molar-refractivity contribution >= 4 is 35.2 Å². The first kappa shape index (κ1) is 17.4. The Kier molecular flexibility index (Phi) is 5.46. The van der Waals surface area contributed by atoms with E-state index in [1.165, 1.54) is 18.3 Å². The lowest BCUT2D eigenvalue weighted by atomic mass is 10.0. The molecule has 120 valence electrons. The number of aliphatic carboxylic acids is 1. The van der Waals surface area contributed by atoms with E-state index in [4.69, 9.17) is 16.7 Å². The van der Waals surface area contributed by atoms with Crippen molar-refractivity contribution in [1.82, 2.24) is 4.98 Å². The minimum absolute atomic E-state index is 0.128. The number of nitrogens with zero attached hydrogens (tertiary/aromatic N) is 3. The SMILES string of the molecule is C=N/C(=C\C(=C/C)C(=O)O)Cc1cc(C#N)c2ncc(Cl)cc2c1. The molecular formula is C18H14ClN3O2. The van der Waals surface area contributed by atoms with Gasteiger partial charge in [-0.05, 0) is 43.5 Å². The highest BCUT2D eigenvalue weighted by atomic mass is 35.5.